The number of aliphatic hydroxyl groups excluding tert-OH is 1. The van der Waals surface area contributed by atoms with E-state index >= 15 is 0 Å². The summed E-state index contributed by atoms with van der Waals surface area (Å²) in [7, 11) is 0. The van der Waals surface area contributed by atoms with Gasteiger partial charge in [0.1, 0.15) is 5.60 Å². The Bertz CT molecular complexity index is 709. The Morgan fingerprint density at radius 2 is 2.00 bits per heavy atom. The molecule has 4 atom stereocenters. The average molecular weight is 413 g/mol. The molecule has 2 N–H and O–H groups in total. The lowest BCUT2D eigenvalue weighted by atomic mass is 9.60. The molecule has 0 saturated heterocycles. The molecule has 0 bridgehead atoms. The van der Waals surface area contributed by atoms with Gasteiger partial charge in [-0.15, -0.1) is 5.92 Å². The average Bonchev–Trinajstić information content (AvgIpc) is 2.66. The first-order chi connectivity index (χ1) is 14.1. The number of hydrogen-bond acceptors (Lipinski definition) is 2. The third-order valence-corrected chi connectivity index (χ3v) is 7.14. The molecular formula is C28H44O2. The van der Waals surface area contributed by atoms with E-state index in [1.54, 1.807) is 19.4 Å². The molecule has 0 aromatic rings. The standard InChI is InChI=1S/C28H44O2/c1-7-11-25(21(2)12-9-18-27(4,5)30)28(6)19-10-13-23(20-28)16-17-24-14-8-15-26(29)22(24)3/h16-17,21,25-26,29-30H,3,7-8,10-15,19-20H2,1-2,4-6H3/b23-16+,24-17-/t21-,25?,26?,28?/m1/s1. The van der Waals surface area contributed by atoms with E-state index < -0.39 is 5.60 Å². The van der Waals surface area contributed by atoms with Crippen molar-refractivity contribution >= 4 is 0 Å². The third-order valence-electron chi connectivity index (χ3n) is 7.14. The van der Waals surface area contributed by atoms with Crippen LogP contribution in [-0.4, -0.2) is 21.9 Å². The molecule has 168 valence electrons. The molecule has 0 aromatic carbocycles. The molecule has 0 spiro atoms. The van der Waals surface area contributed by atoms with Crippen molar-refractivity contribution in [3.63, 3.8) is 0 Å². The van der Waals surface area contributed by atoms with Crippen molar-refractivity contribution in [2.45, 2.75) is 111 Å². The van der Waals surface area contributed by atoms with E-state index in [2.05, 4.69) is 51.3 Å². The zero-order chi connectivity index (χ0) is 22.4. The van der Waals surface area contributed by atoms with Gasteiger partial charge in [0.25, 0.3) is 0 Å². The number of aliphatic hydroxyl groups is 2. The third kappa shape index (κ3) is 7.14. The second-order valence-electron chi connectivity index (χ2n) is 10.6. The van der Waals surface area contributed by atoms with Crippen molar-refractivity contribution < 1.29 is 10.2 Å². The maximum Gasteiger partial charge on any atom is 0.119 e. The molecular weight excluding hydrogens is 368 g/mol. The van der Waals surface area contributed by atoms with Crippen LogP contribution in [0, 0.1) is 29.1 Å². The van der Waals surface area contributed by atoms with E-state index in [0.717, 1.165) is 37.7 Å². The Morgan fingerprint density at radius 3 is 2.67 bits per heavy atom. The minimum Gasteiger partial charge on any atom is -0.388 e. The monoisotopic (exact) mass is 412 g/mol. The van der Waals surface area contributed by atoms with Crippen LogP contribution in [0.2, 0.25) is 0 Å². The van der Waals surface area contributed by atoms with E-state index in [-0.39, 0.29) is 6.10 Å². The van der Waals surface area contributed by atoms with Crippen molar-refractivity contribution in [2.75, 3.05) is 0 Å². The Hall–Kier alpha value is -1.30. The molecule has 3 unspecified atom stereocenters. The minimum atomic E-state index is -0.908. The molecule has 2 aliphatic rings. The van der Waals surface area contributed by atoms with E-state index in [1.807, 2.05) is 0 Å². The first-order valence-corrected chi connectivity index (χ1v) is 12.0. The highest BCUT2D eigenvalue weighted by Crippen LogP contribution is 2.49. The summed E-state index contributed by atoms with van der Waals surface area (Å²) in [6.07, 6.45) is 15.3. The van der Waals surface area contributed by atoms with E-state index in [0.29, 0.717) is 17.3 Å². The number of hydrogen-bond donors (Lipinski definition) is 2. The summed E-state index contributed by atoms with van der Waals surface area (Å²) >= 11 is 0. The maximum atomic E-state index is 10.1. The first kappa shape index (κ1) is 25.0. The van der Waals surface area contributed by atoms with Crippen LogP contribution in [0.3, 0.4) is 0 Å². The van der Waals surface area contributed by atoms with Gasteiger partial charge in [0, 0.05) is 6.42 Å². The smallest absolute Gasteiger partial charge is 0.119 e. The summed E-state index contributed by atoms with van der Waals surface area (Å²) < 4.78 is 0. The van der Waals surface area contributed by atoms with Crippen LogP contribution < -0.4 is 0 Å². The van der Waals surface area contributed by atoms with Crippen molar-refractivity contribution in [1.82, 2.24) is 0 Å². The molecule has 0 aliphatic heterocycles. The van der Waals surface area contributed by atoms with Gasteiger partial charge < -0.3 is 10.2 Å². The van der Waals surface area contributed by atoms with Gasteiger partial charge in [-0.1, -0.05) is 57.4 Å². The Labute approximate surface area is 185 Å². The zero-order valence-corrected chi connectivity index (χ0v) is 20.1. The fourth-order valence-electron chi connectivity index (χ4n) is 5.52. The van der Waals surface area contributed by atoms with Crippen molar-refractivity contribution in [1.29, 1.82) is 0 Å². The Morgan fingerprint density at radius 1 is 1.27 bits per heavy atom. The molecule has 0 heterocycles. The lowest BCUT2D eigenvalue weighted by Crippen LogP contribution is -2.34. The summed E-state index contributed by atoms with van der Waals surface area (Å²) in [5.74, 6) is 7.41. The van der Waals surface area contributed by atoms with Crippen LogP contribution in [-0.2, 0) is 0 Å². The minimum absolute atomic E-state index is 0.303. The van der Waals surface area contributed by atoms with E-state index in [9.17, 15) is 10.2 Å². The molecule has 2 heteroatoms. The molecule has 0 amide bonds. The van der Waals surface area contributed by atoms with Gasteiger partial charge in [0.15, 0.2) is 0 Å². The normalized spacial score (nSPS) is 30.1. The van der Waals surface area contributed by atoms with Gasteiger partial charge in [0.2, 0.25) is 0 Å². The van der Waals surface area contributed by atoms with Crippen LogP contribution in [0.25, 0.3) is 0 Å². The van der Waals surface area contributed by atoms with Crippen LogP contribution in [0.4, 0.5) is 0 Å². The molecule has 30 heavy (non-hydrogen) atoms. The van der Waals surface area contributed by atoms with Crippen LogP contribution in [0.15, 0.2) is 35.5 Å². The maximum absolute atomic E-state index is 10.1. The van der Waals surface area contributed by atoms with Crippen LogP contribution in [0.1, 0.15) is 98.8 Å². The number of rotatable bonds is 6. The van der Waals surface area contributed by atoms with Crippen LogP contribution in [0.5, 0.6) is 0 Å². The lowest BCUT2D eigenvalue weighted by Gasteiger charge is -2.44. The summed E-state index contributed by atoms with van der Waals surface area (Å²) in [6.45, 7) is 14.7. The van der Waals surface area contributed by atoms with Gasteiger partial charge in [-0.3, -0.25) is 0 Å². The van der Waals surface area contributed by atoms with Gasteiger partial charge >= 0.3 is 0 Å². The SMILES string of the molecule is C=C1/C(=C\C=C2/CCCC(C)(C(CCC)[C@H](C)CC#CC(C)(C)O)C2)CCCC1O. The molecule has 0 aromatic heterocycles. The second kappa shape index (κ2) is 10.8. The molecule has 2 fully saturated rings. The molecule has 2 rings (SSSR count). The van der Waals surface area contributed by atoms with Gasteiger partial charge in [0.05, 0.1) is 6.10 Å². The quantitative estimate of drug-likeness (QED) is 0.474. The fraction of sp³-hybridized carbons (Fsp3) is 0.714. The zero-order valence-electron chi connectivity index (χ0n) is 20.1. The largest absolute Gasteiger partial charge is 0.388 e. The molecule has 2 aliphatic carbocycles. The summed E-state index contributed by atoms with van der Waals surface area (Å²) in [4.78, 5) is 0. The van der Waals surface area contributed by atoms with Crippen molar-refractivity contribution in [2.24, 2.45) is 17.3 Å². The van der Waals surface area contributed by atoms with Gasteiger partial charge in [-0.25, -0.2) is 0 Å². The lowest BCUT2D eigenvalue weighted by molar-refractivity contribution is 0.0895. The summed E-state index contributed by atoms with van der Waals surface area (Å²) in [6, 6.07) is 0. The van der Waals surface area contributed by atoms with Crippen LogP contribution >= 0.6 is 0 Å². The summed E-state index contributed by atoms with van der Waals surface area (Å²) in [5.41, 5.74) is 3.08. The van der Waals surface area contributed by atoms with E-state index in [1.165, 1.54) is 37.7 Å². The Balaban J connectivity index is 2.14. The van der Waals surface area contributed by atoms with Crippen molar-refractivity contribution in [3.05, 3.63) is 35.5 Å². The molecule has 0 radical (unpaired) electrons. The molecule has 2 nitrogen and oxygen atoms in total. The highest BCUT2D eigenvalue weighted by atomic mass is 16.3. The number of allylic oxidation sites excluding steroid dienone is 3. The topological polar surface area (TPSA) is 40.5 Å². The van der Waals surface area contributed by atoms with Gasteiger partial charge in [-0.05, 0) is 93.6 Å². The highest BCUT2D eigenvalue weighted by Gasteiger charge is 2.38. The summed E-state index contributed by atoms with van der Waals surface area (Å²) in [5, 5.41) is 20.0. The Kier molecular flexibility index (Phi) is 9.01. The van der Waals surface area contributed by atoms with E-state index in [4.69, 9.17) is 0 Å². The predicted octanol–water partition coefficient (Wildman–Crippen LogP) is 6.74. The predicted molar refractivity (Wildman–Crippen MR) is 128 cm³/mol. The first-order valence-electron chi connectivity index (χ1n) is 12.0. The second-order valence-corrected chi connectivity index (χ2v) is 10.6. The highest BCUT2D eigenvalue weighted by molar-refractivity contribution is 5.37. The van der Waals surface area contributed by atoms with Gasteiger partial charge in [-0.2, -0.15) is 0 Å². The molecule has 2 saturated carbocycles. The van der Waals surface area contributed by atoms with Crippen molar-refractivity contribution in [3.8, 4) is 11.8 Å². The fourth-order valence-corrected chi connectivity index (χ4v) is 5.52.